The molecule has 4 N–H and O–H groups in total. The highest BCUT2D eigenvalue weighted by atomic mass is 16.6. The van der Waals surface area contributed by atoms with Crippen molar-refractivity contribution < 1.29 is 19.1 Å². The van der Waals surface area contributed by atoms with Crippen LogP contribution in [0.15, 0.2) is 24.3 Å². The highest BCUT2D eigenvalue weighted by molar-refractivity contribution is 5.90. The third-order valence-electron chi connectivity index (χ3n) is 4.60. The highest BCUT2D eigenvalue weighted by Gasteiger charge is 2.40. The molecule has 1 fully saturated rings. The van der Waals surface area contributed by atoms with Gasteiger partial charge in [-0.1, -0.05) is 25.0 Å². The molecule has 1 atom stereocenters. The van der Waals surface area contributed by atoms with Crippen molar-refractivity contribution in [2.24, 2.45) is 5.73 Å². The number of rotatable bonds is 5. The van der Waals surface area contributed by atoms with Crippen molar-refractivity contribution in [1.82, 2.24) is 10.6 Å². The Morgan fingerprint density at radius 2 is 1.92 bits per heavy atom. The summed E-state index contributed by atoms with van der Waals surface area (Å²) in [5.41, 5.74) is 4.56. The van der Waals surface area contributed by atoms with Crippen molar-refractivity contribution >= 4 is 11.9 Å². The Morgan fingerprint density at radius 3 is 2.62 bits per heavy atom. The van der Waals surface area contributed by atoms with Gasteiger partial charge in [0.05, 0.1) is 0 Å². The minimum absolute atomic E-state index is 0.114. The molecule has 3 rings (SSSR count). The summed E-state index contributed by atoms with van der Waals surface area (Å²) in [5, 5.41) is 5.52. The van der Waals surface area contributed by atoms with Crippen molar-refractivity contribution in [3.8, 4) is 11.5 Å². The quantitative estimate of drug-likeness (QED) is 0.756. The number of nitrogens with two attached hydrogens (primary N) is 1. The van der Waals surface area contributed by atoms with Crippen molar-refractivity contribution in [2.45, 2.75) is 43.7 Å². The summed E-state index contributed by atoms with van der Waals surface area (Å²) in [6, 6.07) is 7.14. The Hall–Kier alpha value is -2.44. The molecule has 24 heavy (non-hydrogen) atoms. The van der Waals surface area contributed by atoms with Gasteiger partial charge in [0, 0.05) is 13.0 Å². The van der Waals surface area contributed by atoms with E-state index in [-0.39, 0.29) is 12.1 Å². The summed E-state index contributed by atoms with van der Waals surface area (Å²) in [6.07, 6.45) is 3.51. The highest BCUT2D eigenvalue weighted by Crippen LogP contribution is 2.31. The van der Waals surface area contributed by atoms with Crippen LogP contribution < -0.4 is 25.8 Å². The minimum Gasteiger partial charge on any atom is -0.486 e. The molecule has 0 bridgehead atoms. The lowest BCUT2D eigenvalue weighted by Gasteiger charge is -2.28. The molecule has 0 spiro atoms. The predicted molar refractivity (Wildman–Crippen MR) is 87.9 cm³/mol. The van der Waals surface area contributed by atoms with E-state index in [1.165, 1.54) is 0 Å². The molecule has 0 saturated heterocycles. The van der Waals surface area contributed by atoms with Crippen LogP contribution in [0.2, 0.25) is 0 Å². The number of fused-ring (bicyclic) bond motifs is 1. The first-order valence-electron chi connectivity index (χ1n) is 8.33. The van der Waals surface area contributed by atoms with E-state index < -0.39 is 11.4 Å². The third-order valence-corrected chi connectivity index (χ3v) is 4.60. The van der Waals surface area contributed by atoms with Crippen molar-refractivity contribution in [1.29, 1.82) is 0 Å². The zero-order valence-corrected chi connectivity index (χ0v) is 13.5. The monoisotopic (exact) mass is 333 g/mol. The fourth-order valence-electron chi connectivity index (χ4n) is 3.23. The largest absolute Gasteiger partial charge is 0.486 e. The zero-order valence-electron chi connectivity index (χ0n) is 13.5. The molecule has 0 radical (unpaired) electrons. The number of ether oxygens (including phenoxy) is 2. The molecule has 1 aliphatic carbocycles. The molecule has 7 heteroatoms. The van der Waals surface area contributed by atoms with Gasteiger partial charge >= 0.3 is 6.03 Å². The number of hydrogen-bond acceptors (Lipinski definition) is 4. The van der Waals surface area contributed by atoms with E-state index in [1.54, 1.807) is 0 Å². The second kappa shape index (κ2) is 6.98. The van der Waals surface area contributed by atoms with Crippen LogP contribution in [0.25, 0.3) is 0 Å². The molecule has 0 aromatic heterocycles. The van der Waals surface area contributed by atoms with Crippen LogP contribution in [0.3, 0.4) is 0 Å². The van der Waals surface area contributed by atoms with E-state index in [9.17, 15) is 9.59 Å². The first-order valence-corrected chi connectivity index (χ1v) is 8.33. The molecule has 1 aliphatic heterocycles. The lowest BCUT2D eigenvalue weighted by atomic mass is 9.97. The molecule has 7 nitrogen and oxygen atoms in total. The maximum Gasteiger partial charge on any atom is 0.315 e. The topological polar surface area (TPSA) is 103 Å². The maximum atomic E-state index is 12.0. The van der Waals surface area contributed by atoms with E-state index in [4.69, 9.17) is 15.2 Å². The van der Waals surface area contributed by atoms with Crippen molar-refractivity contribution in [2.75, 3.05) is 13.2 Å². The predicted octanol–water partition coefficient (Wildman–Crippen LogP) is 1.31. The average molecular weight is 333 g/mol. The summed E-state index contributed by atoms with van der Waals surface area (Å²) in [5.74, 6) is 0.997. The summed E-state index contributed by atoms with van der Waals surface area (Å²) >= 11 is 0. The average Bonchev–Trinajstić information content (AvgIpc) is 3.04. The van der Waals surface area contributed by atoms with Gasteiger partial charge in [-0.05, 0) is 25.0 Å². The van der Waals surface area contributed by atoms with E-state index in [0.717, 1.165) is 24.3 Å². The van der Waals surface area contributed by atoms with Crippen LogP contribution in [0.4, 0.5) is 4.79 Å². The number of nitrogens with one attached hydrogen (secondary N) is 2. The maximum absolute atomic E-state index is 12.0. The number of amides is 3. The Bertz CT molecular complexity index is 614. The Kier molecular flexibility index (Phi) is 4.78. The molecule has 1 aromatic rings. The molecule has 1 heterocycles. The Labute approximate surface area is 140 Å². The number of carbonyl (C=O) groups is 2. The van der Waals surface area contributed by atoms with Gasteiger partial charge in [0.25, 0.3) is 0 Å². The normalized spacial score (nSPS) is 21.1. The molecule has 0 unspecified atom stereocenters. The molecular formula is C17H23N3O4. The number of benzene rings is 1. The summed E-state index contributed by atoms with van der Waals surface area (Å²) in [6.45, 7) is 0.877. The van der Waals surface area contributed by atoms with Crippen LogP contribution in [0, 0.1) is 0 Å². The van der Waals surface area contributed by atoms with Crippen LogP contribution >= 0.6 is 0 Å². The van der Waals surface area contributed by atoms with Gasteiger partial charge in [-0.2, -0.15) is 0 Å². The minimum atomic E-state index is -0.895. The SMILES string of the molecule is NC(=O)C1(NC(=O)NCC[C@@H]2COc3ccccc3O2)CCCC1. The number of primary amides is 1. The lowest BCUT2D eigenvalue weighted by Crippen LogP contribution is -2.58. The number of carbonyl (C=O) groups excluding carboxylic acids is 2. The summed E-state index contributed by atoms with van der Waals surface area (Å²) in [4.78, 5) is 23.7. The van der Waals surface area contributed by atoms with E-state index in [2.05, 4.69) is 10.6 Å². The molecule has 1 aromatic carbocycles. The van der Waals surface area contributed by atoms with E-state index >= 15 is 0 Å². The van der Waals surface area contributed by atoms with E-state index in [1.807, 2.05) is 24.3 Å². The second-order valence-corrected chi connectivity index (χ2v) is 6.32. The Morgan fingerprint density at radius 1 is 1.21 bits per heavy atom. The summed E-state index contributed by atoms with van der Waals surface area (Å²) in [7, 11) is 0. The third kappa shape index (κ3) is 3.55. The zero-order chi connectivity index (χ0) is 17.0. The van der Waals surface area contributed by atoms with Crippen molar-refractivity contribution in [3.63, 3.8) is 0 Å². The lowest BCUT2D eigenvalue weighted by molar-refractivity contribution is -0.123. The standard InChI is InChI=1S/C17H23N3O4/c18-15(21)17(8-3-4-9-17)20-16(22)19-10-7-12-11-23-13-5-1-2-6-14(13)24-12/h1-2,5-6,12H,3-4,7-11H2,(H2,18,21)(H2,19,20,22)/t12-/m1/s1. The first-order chi connectivity index (χ1) is 11.6. The van der Waals surface area contributed by atoms with Gasteiger partial charge in [0.15, 0.2) is 11.5 Å². The first kappa shape index (κ1) is 16.4. The van der Waals surface area contributed by atoms with E-state index in [0.29, 0.717) is 32.4 Å². The van der Waals surface area contributed by atoms with Crippen molar-refractivity contribution in [3.05, 3.63) is 24.3 Å². The van der Waals surface area contributed by atoms with Gasteiger partial charge < -0.3 is 25.8 Å². The Balaban J connectivity index is 1.44. The van der Waals surface area contributed by atoms with Crippen LogP contribution in [-0.2, 0) is 4.79 Å². The number of hydrogen-bond donors (Lipinski definition) is 3. The second-order valence-electron chi connectivity index (χ2n) is 6.32. The van der Waals surface area contributed by atoms with Gasteiger partial charge in [-0.3, -0.25) is 4.79 Å². The molecule has 2 aliphatic rings. The smallest absolute Gasteiger partial charge is 0.315 e. The molecule has 3 amide bonds. The fourth-order valence-corrected chi connectivity index (χ4v) is 3.23. The van der Waals surface area contributed by atoms with Crippen LogP contribution in [-0.4, -0.2) is 36.7 Å². The van der Waals surface area contributed by atoms with Gasteiger partial charge in [-0.15, -0.1) is 0 Å². The fraction of sp³-hybridized carbons (Fsp3) is 0.529. The number of urea groups is 1. The summed E-state index contributed by atoms with van der Waals surface area (Å²) < 4.78 is 11.5. The molecule has 130 valence electrons. The van der Waals surface area contributed by atoms with Crippen LogP contribution in [0.1, 0.15) is 32.1 Å². The van der Waals surface area contributed by atoms with Crippen LogP contribution in [0.5, 0.6) is 11.5 Å². The van der Waals surface area contributed by atoms with Gasteiger partial charge in [-0.25, -0.2) is 4.79 Å². The van der Waals surface area contributed by atoms with Gasteiger partial charge in [0.1, 0.15) is 18.2 Å². The number of para-hydroxylation sites is 2. The molecular weight excluding hydrogens is 310 g/mol. The molecule has 1 saturated carbocycles. The van der Waals surface area contributed by atoms with Gasteiger partial charge in [0.2, 0.25) is 5.91 Å².